The van der Waals surface area contributed by atoms with Gasteiger partial charge in [0.1, 0.15) is 29.8 Å². The number of hydrogen-bond donors (Lipinski definition) is 0. The van der Waals surface area contributed by atoms with E-state index in [9.17, 15) is 19.6 Å². The van der Waals surface area contributed by atoms with Crippen molar-refractivity contribution in [1.29, 1.82) is 5.26 Å². The number of carbonyl (C=O) groups is 3. The molecule has 0 atom stereocenters. The van der Waals surface area contributed by atoms with Crippen molar-refractivity contribution < 1.29 is 23.5 Å². The first-order chi connectivity index (χ1) is 17.8. The first-order valence-electron chi connectivity index (χ1n) is 11.6. The third-order valence-corrected chi connectivity index (χ3v) is 6.28. The summed E-state index contributed by atoms with van der Waals surface area (Å²) in [6, 6.07) is 19.2. The van der Waals surface area contributed by atoms with Crippen molar-refractivity contribution in [2.75, 3.05) is 6.54 Å². The monoisotopic (exact) mass is 514 g/mol. The number of nitriles is 1. The SMILES string of the molecule is CCCN1C(=O)C(C#N)=C(C)/C(=C/c2ccc(-c3ccc(C(=O)OCc4ccccc4Cl)cc3)o2)C1=O. The minimum absolute atomic E-state index is 0.0527. The lowest BCUT2D eigenvalue weighted by molar-refractivity contribution is -0.140. The first-order valence-corrected chi connectivity index (χ1v) is 12.0. The van der Waals surface area contributed by atoms with Gasteiger partial charge in [-0.1, -0.05) is 48.9 Å². The van der Waals surface area contributed by atoms with Crippen LogP contribution < -0.4 is 0 Å². The highest BCUT2D eigenvalue weighted by Gasteiger charge is 2.35. The van der Waals surface area contributed by atoms with Crippen molar-refractivity contribution >= 4 is 35.5 Å². The number of benzene rings is 2. The van der Waals surface area contributed by atoms with Gasteiger partial charge in [-0.2, -0.15) is 5.26 Å². The third-order valence-electron chi connectivity index (χ3n) is 5.91. The standard InChI is InChI=1S/C29H23ClN2O5/c1-3-14-32-27(33)23(18(2)24(16-31)28(32)34)15-22-12-13-26(37-22)19-8-10-20(11-9-19)29(35)36-17-21-6-4-5-7-25(21)30/h4-13,15H,3,14,17H2,1-2H3/b23-15-. The predicted octanol–water partition coefficient (Wildman–Crippen LogP) is 5.96. The number of nitrogens with zero attached hydrogens (tertiary/aromatic N) is 2. The van der Waals surface area contributed by atoms with Crippen LogP contribution in [0.5, 0.6) is 0 Å². The highest BCUT2D eigenvalue weighted by atomic mass is 35.5. The fraction of sp³-hybridized carbons (Fsp3) is 0.172. The minimum atomic E-state index is -0.574. The van der Waals surface area contributed by atoms with Gasteiger partial charge in [0.05, 0.1) is 5.56 Å². The van der Waals surface area contributed by atoms with Gasteiger partial charge in [-0.25, -0.2) is 4.79 Å². The largest absolute Gasteiger partial charge is 0.457 e. The Kier molecular flexibility index (Phi) is 7.71. The van der Waals surface area contributed by atoms with Crippen LogP contribution in [-0.2, 0) is 20.9 Å². The summed E-state index contributed by atoms with van der Waals surface area (Å²) in [5.74, 6) is -0.594. The van der Waals surface area contributed by atoms with Crippen molar-refractivity contribution in [2.45, 2.75) is 26.9 Å². The molecule has 0 aliphatic carbocycles. The summed E-state index contributed by atoms with van der Waals surface area (Å²) in [5.41, 5.74) is 2.32. The Morgan fingerprint density at radius 1 is 1.08 bits per heavy atom. The zero-order valence-corrected chi connectivity index (χ0v) is 21.0. The van der Waals surface area contributed by atoms with Crippen molar-refractivity contribution in [2.24, 2.45) is 0 Å². The van der Waals surface area contributed by atoms with E-state index in [2.05, 4.69) is 0 Å². The number of halogens is 1. The summed E-state index contributed by atoms with van der Waals surface area (Å²) in [7, 11) is 0. The maximum absolute atomic E-state index is 12.9. The Balaban J connectivity index is 1.51. The second-order valence-corrected chi connectivity index (χ2v) is 8.79. The normalized spacial score (nSPS) is 14.8. The summed E-state index contributed by atoms with van der Waals surface area (Å²) in [6.45, 7) is 3.72. The highest BCUT2D eigenvalue weighted by molar-refractivity contribution is 6.31. The molecule has 1 aliphatic rings. The summed E-state index contributed by atoms with van der Waals surface area (Å²) >= 11 is 6.11. The van der Waals surface area contributed by atoms with Gasteiger partial charge in [-0.3, -0.25) is 14.5 Å². The predicted molar refractivity (Wildman–Crippen MR) is 138 cm³/mol. The van der Waals surface area contributed by atoms with Crippen LogP contribution in [0.1, 0.15) is 41.9 Å². The average molecular weight is 515 g/mol. The number of carbonyl (C=O) groups excluding carboxylic acids is 3. The van der Waals surface area contributed by atoms with Gasteiger partial charge >= 0.3 is 5.97 Å². The Labute approximate surface area is 219 Å². The Hall–Kier alpha value is -4.41. The van der Waals surface area contributed by atoms with Gasteiger partial charge in [-0.15, -0.1) is 0 Å². The molecule has 37 heavy (non-hydrogen) atoms. The number of amides is 2. The quantitative estimate of drug-likeness (QED) is 0.219. The zero-order chi connectivity index (χ0) is 26.5. The van der Waals surface area contributed by atoms with Crippen molar-refractivity contribution in [3.63, 3.8) is 0 Å². The van der Waals surface area contributed by atoms with Gasteiger partial charge in [-0.05, 0) is 55.3 Å². The number of imide groups is 1. The fourth-order valence-electron chi connectivity index (χ4n) is 3.90. The number of ether oxygens (including phenoxy) is 1. The van der Waals surface area contributed by atoms with E-state index in [1.54, 1.807) is 61.5 Å². The maximum atomic E-state index is 12.9. The van der Waals surface area contributed by atoms with Crippen LogP contribution in [0, 0.1) is 11.3 Å². The molecular weight excluding hydrogens is 492 g/mol. The number of hydrogen-bond acceptors (Lipinski definition) is 6. The van der Waals surface area contributed by atoms with E-state index >= 15 is 0 Å². The van der Waals surface area contributed by atoms with Crippen LogP contribution in [0.25, 0.3) is 17.4 Å². The zero-order valence-electron chi connectivity index (χ0n) is 20.3. The molecule has 0 radical (unpaired) electrons. The summed E-state index contributed by atoms with van der Waals surface area (Å²) < 4.78 is 11.3. The second-order valence-electron chi connectivity index (χ2n) is 8.38. The molecule has 8 heteroatoms. The van der Waals surface area contributed by atoms with E-state index in [1.165, 1.54) is 6.08 Å². The molecule has 0 fully saturated rings. The molecular formula is C29H23ClN2O5. The molecule has 3 aromatic rings. The molecule has 2 amide bonds. The minimum Gasteiger partial charge on any atom is -0.457 e. The number of furan rings is 1. The molecule has 7 nitrogen and oxygen atoms in total. The third kappa shape index (κ3) is 5.40. The van der Waals surface area contributed by atoms with Gasteiger partial charge in [0.2, 0.25) is 0 Å². The van der Waals surface area contributed by atoms with Gasteiger partial charge in [0.15, 0.2) is 0 Å². The van der Waals surface area contributed by atoms with Crippen LogP contribution in [0.4, 0.5) is 0 Å². The topological polar surface area (TPSA) is 101 Å². The fourth-order valence-corrected chi connectivity index (χ4v) is 4.09. The van der Waals surface area contributed by atoms with E-state index in [0.717, 1.165) is 16.0 Å². The maximum Gasteiger partial charge on any atom is 0.338 e. The Morgan fingerprint density at radius 2 is 1.81 bits per heavy atom. The second kappa shape index (κ2) is 11.1. The molecule has 2 aromatic carbocycles. The van der Waals surface area contributed by atoms with Crippen LogP contribution in [0.15, 0.2) is 81.8 Å². The van der Waals surface area contributed by atoms with E-state index < -0.39 is 17.8 Å². The lowest BCUT2D eigenvalue weighted by Crippen LogP contribution is -2.43. The van der Waals surface area contributed by atoms with Gasteiger partial charge < -0.3 is 9.15 Å². The van der Waals surface area contributed by atoms with Gasteiger partial charge in [0.25, 0.3) is 11.8 Å². The molecule has 0 N–H and O–H groups in total. The van der Waals surface area contributed by atoms with Gasteiger partial charge in [0, 0.05) is 28.3 Å². The summed E-state index contributed by atoms with van der Waals surface area (Å²) in [6.07, 6.45) is 2.12. The lowest BCUT2D eigenvalue weighted by atomic mass is 9.94. The molecule has 0 bridgehead atoms. The van der Waals surface area contributed by atoms with E-state index in [-0.39, 0.29) is 24.3 Å². The van der Waals surface area contributed by atoms with E-state index in [1.807, 2.05) is 19.1 Å². The molecule has 0 spiro atoms. The Bertz CT molecular complexity index is 1470. The lowest BCUT2D eigenvalue weighted by Gasteiger charge is -2.26. The smallest absolute Gasteiger partial charge is 0.338 e. The molecule has 1 aromatic heterocycles. The van der Waals surface area contributed by atoms with Crippen LogP contribution >= 0.6 is 11.6 Å². The van der Waals surface area contributed by atoms with Crippen molar-refractivity contribution in [3.8, 4) is 17.4 Å². The van der Waals surface area contributed by atoms with E-state index in [0.29, 0.717) is 34.1 Å². The molecule has 186 valence electrons. The molecule has 4 rings (SSSR count). The molecule has 0 saturated carbocycles. The number of esters is 1. The summed E-state index contributed by atoms with van der Waals surface area (Å²) in [5, 5.41) is 9.98. The van der Waals surface area contributed by atoms with E-state index in [4.69, 9.17) is 20.8 Å². The van der Waals surface area contributed by atoms with Crippen LogP contribution in [0.2, 0.25) is 5.02 Å². The summed E-state index contributed by atoms with van der Waals surface area (Å²) in [4.78, 5) is 39.0. The Morgan fingerprint density at radius 3 is 2.49 bits per heavy atom. The average Bonchev–Trinajstić information content (AvgIpc) is 3.37. The van der Waals surface area contributed by atoms with Crippen molar-refractivity contribution in [1.82, 2.24) is 4.90 Å². The first kappa shape index (κ1) is 25.7. The number of rotatable bonds is 7. The van der Waals surface area contributed by atoms with Crippen LogP contribution in [0.3, 0.4) is 0 Å². The molecule has 0 saturated heterocycles. The molecule has 1 aliphatic heterocycles. The molecule has 2 heterocycles. The highest BCUT2D eigenvalue weighted by Crippen LogP contribution is 2.29. The molecule has 0 unspecified atom stereocenters. The van der Waals surface area contributed by atoms with Crippen LogP contribution in [-0.4, -0.2) is 29.2 Å². The van der Waals surface area contributed by atoms with Crippen molar-refractivity contribution in [3.05, 3.63) is 99.3 Å².